The van der Waals surface area contributed by atoms with Crippen LogP contribution in [0, 0.1) is 16.7 Å². The summed E-state index contributed by atoms with van der Waals surface area (Å²) in [6.07, 6.45) is 1.37. The van der Waals surface area contributed by atoms with E-state index in [1.807, 2.05) is 6.07 Å². The van der Waals surface area contributed by atoms with Crippen molar-refractivity contribution in [1.82, 2.24) is 20.9 Å². The van der Waals surface area contributed by atoms with Crippen molar-refractivity contribution in [2.24, 2.45) is 5.73 Å². The number of Topliss-reactive ketones (excluding diaryl/α,β-unsaturated/α-hetero) is 1. The van der Waals surface area contributed by atoms with Crippen molar-refractivity contribution in [3.05, 3.63) is 34.3 Å². The minimum absolute atomic E-state index is 0.119. The number of carbonyl (C=O) groups excluding carboxylic acids is 4. The van der Waals surface area contributed by atoms with Crippen LogP contribution in [0.2, 0.25) is 5.02 Å². The fourth-order valence-corrected chi connectivity index (χ4v) is 4.01. The smallest absolute Gasteiger partial charge is 0.251 e. The van der Waals surface area contributed by atoms with Gasteiger partial charge in [-0.15, -0.1) is 0 Å². The molecular formula is C23H29ClFN7O4. The predicted octanol–water partition coefficient (Wildman–Crippen LogP) is 0.608. The number of likely N-dealkylation sites (tertiary alicyclic amines) is 1. The second kappa shape index (κ2) is 13.4. The fourth-order valence-electron chi connectivity index (χ4n) is 3.85. The van der Waals surface area contributed by atoms with Crippen LogP contribution in [0.3, 0.4) is 0 Å². The van der Waals surface area contributed by atoms with Crippen molar-refractivity contribution in [3.8, 4) is 6.07 Å². The fraction of sp³-hybridized carbons (Fsp3) is 0.478. The molecule has 1 aliphatic rings. The van der Waals surface area contributed by atoms with Gasteiger partial charge in [0.25, 0.3) is 5.91 Å². The second-order valence-corrected chi connectivity index (χ2v) is 8.74. The molecule has 194 valence electrons. The lowest BCUT2D eigenvalue weighted by atomic mass is 10.1. The van der Waals surface area contributed by atoms with Crippen molar-refractivity contribution < 1.29 is 23.6 Å². The van der Waals surface area contributed by atoms with E-state index in [1.54, 1.807) is 0 Å². The number of hydrogen-bond donors (Lipinski definition) is 5. The van der Waals surface area contributed by atoms with Gasteiger partial charge in [0.15, 0.2) is 11.7 Å². The first-order chi connectivity index (χ1) is 17.1. The van der Waals surface area contributed by atoms with Gasteiger partial charge < -0.3 is 26.6 Å². The zero-order valence-electron chi connectivity index (χ0n) is 19.8. The molecule has 0 unspecified atom stereocenters. The third-order valence-corrected chi connectivity index (χ3v) is 6.06. The summed E-state index contributed by atoms with van der Waals surface area (Å²) in [6.45, 7) is 0.780. The summed E-state index contributed by atoms with van der Waals surface area (Å²) in [5.74, 6) is -2.69. The minimum atomic E-state index is -1.25. The van der Waals surface area contributed by atoms with E-state index in [-0.39, 0.29) is 41.6 Å². The summed E-state index contributed by atoms with van der Waals surface area (Å²) < 4.78 is 13.0. The van der Waals surface area contributed by atoms with E-state index < -0.39 is 48.3 Å². The van der Waals surface area contributed by atoms with E-state index in [0.29, 0.717) is 19.3 Å². The number of guanidine groups is 1. The van der Waals surface area contributed by atoms with E-state index in [4.69, 9.17) is 28.0 Å². The molecule has 3 amide bonds. The van der Waals surface area contributed by atoms with Gasteiger partial charge in [0, 0.05) is 18.7 Å². The molecule has 6 N–H and O–H groups in total. The summed E-state index contributed by atoms with van der Waals surface area (Å²) in [5.41, 5.74) is 5.47. The molecule has 1 saturated heterocycles. The predicted molar refractivity (Wildman–Crippen MR) is 130 cm³/mol. The van der Waals surface area contributed by atoms with Crippen LogP contribution in [0.15, 0.2) is 18.2 Å². The first kappa shape index (κ1) is 28.5. The highest BCUT2D eigenvalue weighted by molar-refractivity contribution is 6.31. The van der Waals surface area contributed by atoms with E-state index >= 15 is 0 Å². The minimum Gasteiger partial charge on any atom is -0.370 e. The number of nitrogens with one attached hydrogen (secondary N) is 4. The number of nitriles is 1. The molecule has 2 rings (SSSR count). The zero-order valence-corrected chi connectivity index (χ0v) is 20.5. The lowest BCUT2D eigenvalue weighted by Crippen LogP contribution is -2.54. The highest BCUT2D eigenvalue weighted by Gasteiger charge is 2.37. The standard InChI is InChI=1S/C23H29ClFN7O4/c1-13(30-20(34)14-6-7-16(24)15(10-14)12-26)22(36)32-9-3-5-18(32)21(35)31-17(19(33)11-25)4-2-8-29-23(27)28/h6-7,10,13,17-18H,2-5,8-9,11H2,1H3,(H,30,34)(H,31,35)(H4,27,28,29)/t13-,17-,18-/m0/s1. The van der Waals surface area contributed by atoms with Crippen molar-refractivity contribution in [3.63, 3.8) is 0 Å². The Balaban J connectivity index is 2.02. The topological polar surface area (TPSA) is 181 Å². The molecule has 13 heteroatoms. The first-order valence-corrected chi connectivity index (χ1v) is 11.7. The van der Waals surface area contributed by atoms with E-state index in [0.717, 1.165) is 0 Å². The van der Waals surface area contributed by atoms with E-state index in [9.17, 15) is 23.6 Å². The Labute approximate surface area is 213 Å². The maximum absolute atomic E-state index is 13.0. The molecule has 0 aliphatic carbocycles. The summed E-state index contributed by atoms with van der Waals surface area (Å²) in [4.78, 5) is 51.9. The number of nitrogens with zero attached hydrogens (tertiary/aromatic N) is 2. The highest BCUT2D eigenvalue weighted by atomic mass is 35.5. The Morgan fingerprint density at radius 2 is 2.06 bits per heavy atom. The monoisotopic (exact) mass is 521 g/mol. The SMILES string of the molecule is C[C@H](NC(=O)c1ccc(Cl)c(C#N)c1)C(=O)N1CCC[C@H]1C(=O)N[C@@H](CCCNC(=N)N)C(=O)CF. The number of amides is 3. The Hall–Kier alpha value is -3.72. The van der Waals surface area contributed by atoms with Crippen LogP contribution in [-0.2, 0) is 14.4 Å². The Morgan fingerprint density at radius 3 is 2.69 bits per heavy atom. The number of alkyl halides is 1. The lowest BCUT2D eigenvalue weighted by Gasteiger charge is -2.28. The van der Waals surface area contributed by atoms with Crippen LogP contribution in [0.4, 0.5) is 4.39 Å². The molecule has 1 fully saturated rings. The van der Waals surface area contributed by atoms with Crippen LogP contribution in [-0.4, -0.2) is 72.3 Å². The molecule has 0 radical (unpaired) electrons. The van der Waals surface area contributed by atoms with Crippen LogP contribution < -0.4 is 21.7 Å². The quantitative estimate of drug-likeness (QED) is 0.160. The van der Waals surface area contributed by atoms with Gasteiger partial charge in [-0.2, -0.15) is 5.26 Å². The number of nitrogens with two attached hydrogens (primary N) is 1. The number of carbonyl (C=O) groups is 4. The summed E-state index contributed by atoms with van der Waals surface area (Å²) in [5, 5.41) is 24.1. The van der Waals surface area contributed by atoms with Gasteiger partial charge in [-0.05, 0) is 50.8 Å². The molecule has 1 aromatic carbocycles. The van der Waals surface area contributed by atoms with Gasteiger partial charge in [-0.25, -0.2) is 4.39 Å². The van der Waals surface area contributed by atoms with Gasteiger partial charge in [-0.1, -0.05) is 11.6 Å². The van der Waals surface area contributed by atoms with Crippen LogP contribution in [0.25, 0.3) is 0 Å². The maximum Gasteiger partial charge on any atom is 0.251 e. The molecule has 0 aromatic heterocycles. The second-order valence-electron chi connectivity index (χ2n) is 8.34. The van der Waals surface area contributed by atoms with Crippen molar-refractivity contribution in [2.75, 3.05) is 19.8 Å². The lowest BCUT2D eigenvalue weighted by molar-refractivity contribution is -0.140. The van der Waals surface area contributed by atoms with Gasteiger partial charge in [0.1, 0.15) is 24.8 Å². The average molecular weight is 522 g/mol. The number of rotatable bonds is 11. The molecule has 1 heterocycles. The van der Waals surface area contributed by atoms with Crippen molar-refractivity contribution in [2.45, 2.75) is 50.7 Å². The van der Waals surface area contributed by atoms with Crippen LogP contribution in [0.5, 0.6) is 0 Å². The molecule has 1 aromatic rings. The Morgan fingerprint density at radius 1 is 1.33 bits per heavy atom. The highest BCUT2D eigenvalue weighted by Crippen LogP contribution is 2.20. The molecule has 1 aliphatic heterocycles. The zero-order chi connectivity index (χ0) is 26.8. The summed E-state index contributed by atoms with van der Waals surface area (Å²) >= 11 is 5.89. The summed E-state index contributed by atoms with van der Waals surface area (Å²) in [6, 6.07) is 3.10. The Bertz CT molecular complexity index is 1060. The average Bonchev–Trinajstić information content (AvgIpc) is 3.34. The van der Waals surface area contributed by atoms with Gasteiger partial charge in [0.2, 0.25) is 11.8 Å². The van der Waals surface area contributed by atoms with E-state index in [1.165, 1.54) is 30.0 Å². The van der Waals surface area contributed by atoms with Crippen LogP contribution >= 0.6 is 11.6 Å². The van der Waals surface area contributed by atoms with Gasteiger partial charge in [-0.3, -0.25) is 24.6 Å². The molecule has 3 atom stereocenters. The Kier molecular flexibility index (Phi) is 10.6. The van der Waals surface area contributed by atoms with Crippen molar-refractivity contribution >= 4 is 41.1 Å². The molecule has 0 spiro atoms. The molecule has 0 saturated carbocycles. The molecular weight excluding hydrogens is 493 g/mol. The van der Waals surface area contributed by atoms with Crippen LogP contribution in [0.1, 0.15) is 48.5 Å². The molecule has 0 bridgehead atoms. The molecule has 11 nitrogen and oxygen atoms in total. The summed E-state index contributed by atoms with van der Waals surface area (Å²) in [7, 11) is 0. The number of hydrogen-bond acceptors (Lipinski definition) is 6. The van der Waals surface area contributed by atoms with E-state index in [2.05, 4.69) is 16.0 Å². The first-order valence-electron chi connectivity index (χ1n) is 11.4. The van der Waals surface area contributed by atoms with Gasteiger partial charge >= 0.3 is 0 Å². The largest absolute Gasteiger partial charge is 0.370 e. The third kappa shape index (κ3) is 7.64. The van der Waals surface area contributed by atoms with Crippen molar-refractivity contribution in [1.29, 1.82) is 10.7 Å². The number of halogens is 2. The number of ketones is 1. The number of benzene rings is 1. The maximum atomic E-state index is 13.0. The van der Waals surface area contributed by atoms with Gasteiger partial charge in [0.05, 0.1) is 16.6 Å². The normalized spacial score (nSPS) is 16.4. The molecule has 36 heavy (non-hydrogen) atoms. The third-order valence-electron chi connectivity index (χ3n) is 5.73.